The summed E-state index contributed by atoms with van der Waals surface area (Å²) in [6, 6.07) is 15.4. The lowest BCUT2D eigenvalue weighted by Crippen LogP contribution is -2.41. The first-order valence-corrected chi connectivity index (χ1v) is 10.7. The molecule has 32 heavy (non-hydrogen) atoms. The molecule has 0 spiro atoms. The number of hydrogen-bond acceptors (Lipinski definition) is 6. The van der Waals surface area contributed by atoms with Crippen LogP contribution < -0.4 is 19.1 Å². The molecule has 2 aromatic carbocycles. The van der Waals surface area contributed by atoms with Gasteiger partial charge in [0, 0.05) is 23.9 Å². The van der Waals surface area contributed by atoms with Gasteiger partial charge in [-0.1, -0.05) is 37.8 Å². The number of likely N-dealkylation sites (N-methyl/N-ethyl adjacent to an activating group) is 1. The topological polar surface area (TPSA) is 75.0 Å². The number of amides is 1. The average molecular weight is 436 g/mol. The highest BCUT2D eigenvalue weighted by Gasteiger charge is 2.23. The molecule has 1 unspecified atom stereocenters. The highest BCUT2D eigenvalue weighted by molar-refractivity contribution is 5.95. The van der Waals surface area contributed by atoms with E-state index in [1.807, 2.05) is 61.2 Å². The van der Waals surface area contributed by atoms with Crippen LogP contribution in [0, 0.1) is 17.2 Å². The second-order valence-corrected chi connectivity index (χ2v) is 7.58. The van der Waals surface area contributed by atoms with Gasteiger partial charge in [0.25, 0.3) is 0 Å². The standard InChI is InChI=1S/C25H29N3O4/c1-4-12-30-22-9-7-6-8-20(22)16-28(21-10-11-23-24(13-21)32-18-31-23)25(29)17-27(5-2)15-19(3)14-26/h4,6-11,13,19H,1,5,12,15-18H2,2-3H3. The largest absolute Gasteiger partial charge is 0.489 e. The van der Waals surface area contributed by atoms with Crippen molar-refractivity contribution in [3.05, 3.63) is 60.7 Å². The summed E-state index contributed by atoms with van der Waals surface area (Å²) in [5.74, 6) is 1.75. The molecule has 0 fully saturated rings. The molecule has 0 bridgehead atoms. The SMILES string of the molecule is C=CCOc1ccccc1CN(C(=O)CN(CC)CC(C)C#N)c1ccc2c(c1)OCO2. The average Bonchev–Trinajstić information content (AvgIpc) is 3.29. The molecule has 1 amide bonds. The molecule has 0 radical (unpaired) electrons. The number of carbonyl (C=O) groups is 1. The summed E-state index contributed by atoms with van der Waals surface area (Å²) in [7, 11) is 0. The number of ether oxygens (including phenoxy) is 3. The van der Waals surface area contributed by atoms with Crippen LogP contribution in [-0.2, 0) is 11.3 Å². The highest BCUT2D eigenvalue weighted by Crippen LogP contribution is 2.36. The maximum absolute atomic E-state index is 13.5. The molecule has 0 saturated carbocycles. The smallest absolute Gasteiger partial charge is 0.241 e. The summed E-state index contributed by atoms with van der Waals surface area (Å²) in [5.41, 5.74) is 1.59. The maximum atomic E-state index is 13.5. The second kappa shape index (κ2) is 11.2. The van der Waals surface area contributed by atoms with E-state index >= 15 is 0 Å². The number of hydrogen-bond donors (Lipinski definition) is 0. The molecule has 0 N–H and O–H groups in total. The van der Waals surface area contributed by atoms with E-state index in [0.29, 0.717) is 49.2 Å². The zero-order valence-corrected chi connectivity index (χ0v) is 18.6. The van der Waals surface area contributed by atoms with Crippen molar-refractivity contribution in [2.24, 2.45) is 5.92 Å². The van der Waals surface area contributed by atoms with Crippen molar-refractivity contribution in [3.8, 4) is 23.3 Å². The first kappa shape index (κ1) is 23.2. The highest BCUT2D eigenvalue weighted by atomic mass is 16.7. The van der Waals surface area contributed by atoms with Gasteiger partial charge in [-0.25, -0.2) is 0 Å². The van der Waals surface area contributed by atoms with Gasteiger partial charge in [0.15, 0.2) is 11.5 Å². The van der Waals surface area contributed by atoms with E-state index in [0.717, 1.165) is 5.56 Å². The number of rotatable bonds is 11. The Labute approximate surface area is 189 Å². The summed E-state index contributed by atoms with van der Waals surface area (Å²) in [5, 5.41) is 9.17. The van der Waals surface area contributed by atoms with Crippen LogP contribution in [0.5, 0.6) is 17.2 Å². The minimum Gasteiger partial charge on any atom is -0.489 e. The van der Waals surface area contributed by atoms with Gasteiger partial charge in [-0.15, -0.1) is 0 Å². The molecular formula is C25H29N3O4. The predicted molar refractivity (Wildman–Crippen MR) is 123 cm³/mol. The number of anilines is 1. The van der Waals surface area contributed by atoms with Crippen molar-refractivity contribution in [3.63, 3.8) is 0 Å². The van der Waals surface area contributed by atoms with Crippen molar-refractivity contribution < 1.29 is 19.0 Å². The van der Waals surface area contributed by atoms with E-state index in [2.05, 4.69) is 12.6 Å². The van der Waals surface area contributed by atoms with Crippen LogP contribution in [0.1, 0.15) is 19.4 Å². The normalized spacial score (nSPS) is 12.8. The van der Waals surface area contributed by atoms with E-state index in [4.69, 9.17) is 19.5 Å². The van der Waals surface area contributed by atoms with E-state index < -0.39 is 0 Å². The summed E-state index contributed by atoms with van der Waals surface area (Å²) in [4.78, 5) is 17.2. The minimum absolute atomic E-state index is 0.0746. The van der Waals surface area contributed by atoms with Crippen LogP contribution in [0.3, 0.4) is 0 Å². The van der Waals surface area contributed by atoms with E-state index in [9.17, 15) is 4.79 Å². The van der Waals surface area contributed by atoms with Gasteiger partial charge in [-0.05, 0) is 31.7 Å². The molecule has 168 valence electrons. The summed E-state index contributed by atoms with van der Waals surface area (Å²) in [6.07, 6.45) is 1.69. The fourth-order valence-corrected chi connectivity index (χ4v) is 3.48. The Morgan fingerprint density at radius 1 is 1.28 bits per heavy atom. The van der Waals surface area contributed by atoms with Crippen molar-refractivity contribution in [2.45, 2.75) is 20.4 Å². The van der Waals surface area contributed by atoms with Gasteiger partial charge < -0.3 is 19.1 Å². The predicted octanol–water partition coefficient (Wildman–Crippen LogP) is 3.99. The molecule has 2 aromatic rings. The molecule has 7 heteroatoms. The van der Waals surface area contributed by atoms with Gasteiger partial charge in [0.1, 0.15) is 12.4 Å². The van der Waals surface area contributed by atoms with Gasteiger partial charge in [0.05, 0.1) is 25.1 Å². The lowest BCUT2D eigenvalue weighted by molar-refractivity contribution is -0.119. The van der Waals surface area contributed by atoms with Crippen molar-refractivity contribution in [1.29, 1.82) is 5.26 Å². The number of benzene rings is 2. The third kappa shape index (κ3) is 5.80. The Hall–Kier alpha value is -3.50. The zero-order valence-electron chi connectivity index (χ0n) is 18.6. The Kier molecular flexibility index (Phi) is 8.12. The number of carbonyl (C=O) groups excluding carboxylic acids is 1. The van der Waals surface area contributed by atoms with Gasteiger partial charge in [-0.2, -0.15) is 5.26 Å². The molecule has 0 aliphatic carbocycles. The lowest BCUT2D eigenvalue weighted by Gasteiger charge is -2.28. The van der Waals surface area contributed by atoms with E-state index in [-0.39, 0.29) is 25.2 Å². The van der Waals surface area contributed by atoms with Crippen LogP contribution >= 0.6 is 0 Å². The quantitative estimate of drug-likeness (QED) is 0.497. The zero-order chi connectivity index (χ0) is 22.9. The van der Waals surface area contributed by atoms with Crippen LogP contribution in [0.2, 0.25) is 0 Å². The van der Waals surface area contributed by atoms with Crippen molar-refractivity contribution >= 4 is 11.6 Å². The van der Waals surface area contributed by atoms with Crippen LogP contribution in [-0.4, -0.2) is 43.8 Å². The van der Waals surface area contributed by atoms with Crippen LogP contribution in [0.4, 0.5) is 5.69 Å². The monoisotopic (exact) mass is 435 g/mol. The first-order chi connectivity index (χ1) is 15.5. The number of para-hydroxylation sites is 1. The number of nitriles is 1. The fourth-order valence-electron chi connectivity index (χ4n) is 3.48. The van der Waals surface area contributed by atoms with E-state index in [1.54, 1.807) is 11.0 Å². The molecule has 3 rings (SSSR count). The minimum atomic E-state index is -0.158. The second-order valence-electron chi connectivity index (χ2n) is 7.58. The summed E-state index contributed by atoms with van der Waals surface area (Å²) >= 11 is 0. The fraction of sp³-hybridized carbons (Fsp3) is 0.360. The van der Waals surface area contributed by atoms with Crippen molar-refractivity contribution in [1.82, 2.24) is 4.90 Å². The third-order valence-electron chi connectivity index (χ3n) is 5.19. The molecule has 7 nitrogen and oxygen atoms in total. The lowest BCUT2D eigenvalue weighted by atomic mass is 10.1. The van der Waals surface area contributed by atoms with E-state index in [1.165, 1.54) is 0 Å². The molecule has 0 aromatic heterocycles. The Morgan fingerprint density at radius 3 is 2.81 bits per heavy atom. The molecular weight excluding hydrogens is 406 g/mol. The summed E-state index contributed by atoms with van der Waals surface area (Å²) < 4.78 is 16.7. The maximum Gasteiger partial charge on any atom is 0.241 e. The van der Waals surface area contributed by atoms with Crippen molar-refractivity contribution in [2.75, 3.05) is 37.9 Å². The van der Waals surface area contributed by atoms with Crippen LogP contribution in [0.15, 0.2) is 55.1 Å². The number of nitrogens with zero attached hydrogens (tertiary/aromatic N) is 3. The van der Waals surface area contributed by atoms with Gasteiger partial charge in [-0.3, -0.25) is 9.69 Å². The van der Waals surface area contributed by atoms with Gasteiger partial charge >= 0.3 is 0 Å². The Morgan fingerprint density at radius 2 is 2.06 bits per heavy atom. The molecule has 0 saturated heterocycles. The molecule has 1 aliphatic rings. The third-order valence-corrected chi connectivity index (χ3v) is 5.19. The first-order valence-electron chi connectivity index (χ1n) is 10.7. The summed E-state index contributed by atoms with van der Waals surface area (Å²) in [6.45, 7) is 9.83. The molecule has 1 atom stereocenters. The Bertz CT molecular complexity index is 985. The molecule has 1 aliphatic heterocycles. The molecule has 1 heterocycles. The Balaban J connectivity index is 1.89. The van der Waals surface area contributed by atoms with Gasteiger partial charge in [0.2, 0.25) is 12.7 Å². The van der Waals surface area contributed by atoms with Crippen LogP contribution in [0.25, 0.3) is 0 Å². The number of fused-ring (bicyclic) bond motifs is 1.